The number of amides is 1. The Balaban J connectivity index is 1.21. The molecule has 0 saturated carbocycles. The number of aromatic nitrogens is 1. The molecule has 5 rings (SSSR count). The minimum atomic E-state index is -0.239. The molecule has 1 fully saturated rings. The van der Waals surface area contributed by atoms with Gasteiger partial charge in [-0.05, 0) is 73.8 Å². The summed E-state index contributed by atoms with van der Waals surface area (Å²) in [5, 5.41) is 7.82. The summed E-state index contributed by atoms with van der Waals surface area (Å²) in [5.41, 5.74) is 4.55. The van der Waals surface area contributed by atoms with Crippen molar-refractivity contribution in [1.29, 1.82) is 0 Å². The van der Waals surface area contributed by atoms with Crippen LogP contribution in [0.2, 0.25) is 5.02 Å². The molecule has 1 aliphatic heterocycles. The Labute approximate surface area is 234 Å². The van der Waals surface area contributed by atoms with Crippen molar-refractivity contribution in [3.63, 3.8) is 0 Å². The second-order valence-electron chi connectivity index (χ2n) is 9.90. The normalized spacial score (nSPS) is 14.6. The van der Waals surface area contributed by atoms with Crippen molar-refractivity contribution in [3.8, 4) is 17.1 Å². The van der Waals surface area contributed by atoms with E-state index in [0.717, 1.165) is 30.6 Å². The molecular weight excluding hydrogens is 510 g/mol. The predicted octanol–water partition coefficient (Wildman–Crippen LogP) is 7.09. The SMILES string of the molecule is CCc1ccc(C(CNC(=O)c2cc(-c3ccc(OCc4ccccc4Cl)cc3)on2)N2CCCCC2)cc1. The van der Waals surface area contributed by atoms with Crippen LogP contribution in [0.1, 0.15) is 59.4 Å². The zero-order chi connectivity index (χ0) is 27.0. The quantitative estimate of drug-likeness (QED) is 0.231. The number of carbonyl (C=O) groups is 1. The maximum atomic E-state index is 13.0. The minimum absolute atomic E-state index is 0.129. The van der Waals surface area contributed by atoms with Gasteiger partial charge in [-0.15, -0.1) is 0 Å². The van der Waals surface area contributed by atoms with Crippen LogP contribution in [0.4, 0.5) is 0 Å². The van der Waals surface area contributed by atoms with E-state index < -0.39 is 0 Å². The zero-order valence-electron chi connectivity index (χ0n) is 22.2. The van der Waals surface area contributed by atoms with Gasteiger partial charge in [0.15, 0.2) is 11.5 Å². The Bertz CT molecular complexity index is 1360. The third-order valence-electron chi connectivity index (χ3n) is 7.29. The largest absolute Gasteiger partial charge is 0.489 e. The Morgan fingerprint density at radius 1 is 1.03 bits per heavy atom. The molecule has 1 saturated heterocycles. The predicted molar refractivity (Wildman–Crippen MR) is 154 cm³/mol. The Hall–Kier alpha value is -3.61. The first-order valence-corrected chi connectivity index (χ1v) is 14.0. The van der Waals surface area contributed by atoms with Crippen molar-refractivity contribution >= 4 is 17.5 Å². The Morgan fingerprint density at radius 3 is 2.49 bits per heavy atom. The number of hydrogen-bond donors (Lipinski definition) is 1. The number of ether oxygens (including phenoxy) is 1. The van der Waals surface area contributed by atoms with Crippen LogP contribution in [0.5, 0.6) is 5.75 Å². The van der Waals surface area contributed by atoms with Gasteiger partial charge in [-0.1, -0.05) is 72.6 Å². The van der Waals surface area contributed by atoms with Crippen LogP contribution >= 0.6 is 11.6 Å². The first-order valence-electron chi connectivity index (χ1n) is 13.6. The number of carbonyl (C=O) groups excluding carboxylic acids is 1. The van der Waals surface area contributed by atoms with Gasteiger partial charge in [0.2, 0.25) is 0 Å². The summed E-state index contributed by atoms with van der Waals surface area (Å²) < 4.78 is 11.4. The topological polar surface area (TPSA) is 67.6 Å². The van der Waals surface area contributed by atoms with Crippen LogP contribution < -0.4 is 10.1 Å². The van der Waals surface area contributed by atoms with Crippen LogP contribution in [0, 0.1) is 0 Å². The van der Waals surface area contributed by atoms with Gasteiger partial charge < -0.3 is 14.6 Å². The molecule has 1 atom stereocenters. The molecule has 1 N–H and O–H groups in total. The molecule has 4 aromatic rings. The number of likely N-dealkylation sites (tertiary alicyclic amines) is 1. The first-order chi connectivity index (χ1) is 19.1. The number of piperidine rings is 1. The Kier molecular flexibility index (Phi) is 8.96. The summed E-state index contributed by atoms with van der Waals surface area (Å²) in [5.74, 6) is 1.00. The summed E-state index contributed by atoms with van der Waals surface area (Å²) in [7, 11) is 0. The summed E-state index contributed by atoms with van der Waals surface area (Å²) in [6.07, 6.45) is 4.65. The van der Waals surface area contributed by atoms with Gasteiger partial charge in [0.05, 0.1) is 6.04 Å². The lowest BCUT2D eigenvalue weighted by Crippen LogP contribution is -2.40. The Morgan fingerprint density at radius 2 is 1.77 bits per heavy atom. The van der Waals surface area contributed by atoms with Gasteiger partial charge in [-0.25, -0.2) is 0 Å². The van der Waals surface area contributed by atoms with Crippen LogP contribution in [-0.4, -0.2) is 35.6 Å². The fourth-order valence-corrected chi connectivity index (χ4v) is 5.14. The van der Waals surface area contributed by atoms with Crippen LogP contribution in [0.25, 0.3) is 11.3 Å². The monoisotopic (exact) mass is 543 g/mol. The maximum absolute atomic E-state index is 13.0. The highest BCUT2D eigenvalue weighted by molar-refractivity contribution is 6.31. The maximum Gasteiger partial charge on any atom is 0.273 e. The van der Waals surface area contributed by atoms with E-state index in [1.165, 1.54) is 30.4 Å². The van der Waals surface area contributed by atoms with Crippen molar-refractivity contribution in [2.45, 2.75) is 45.3 Å². The van der Waals surface area contributed by atoms with E-state index >= 15 is 0 Å². The average molecular weight is 544 g/mol. The number of aryl methyl sites for hydroxylation is 1. The van der Waals surface area contributed by atoms with Crippen LogP contribution in [0.3, 0.4) is 0 Å². The lowest BCUT2D eigenvalue weighted by Gasteiger charge is -2.35. The molecule has 39 heavy (non-hydrogen) atoms. The van der Waals surface area contributed by atoms with Gasteiger partial charge in [-0.2, -0.15) is 0 Å². The average Bonchev–Trinajstić information content (AvgIpc) is 3.49. The van der Waals surface area contributed by atoms with Crippen molar-refractivity contribution in [3.05, 3.63) is 106 Å². The third kappa shape index (κ3) is 6.88. The molecule has 202 valence electrons. The van der Waals surface area contributed by atoms with Crippen LogP contribution in [0.15, 0.2) is 83.4 Å². The van der Waals surface area contributed by atoms with Gasteiger partial charge >= 0.3 is 0 Å². The van der Waals surface area contributed by atoms with Crippen molar-refractivity contribution in [2.24, 2.45) is 0 Å². The minimum Gasteiger partial charge on any atom is -0.489 e. The summed E-state index contributed by atoms with van der Waals surface area (Å²) in [6, 6.07) is 25.7. The number of hydrogen-bond acceptors (Lipinski definition) is 5. The number of nitrogens with one attached hydrogen (secondary N) is 1. The molecule has 1 aliphatic rings. The van der Waals surface area contributed by atoms with E-state index in [2.05, 4.69) is 46.6 Å². The molecule has 1 unspecified atom stereocenters. The van der Waals surface area contributed by atoms with Gasteiger partial charge in [0.25, 0.3) is 5.91 Å². The van der Waals surface area contributed by atoms with E-state index in [1.54, 1.807) is 6.07 Å². The highest BCUT2D eigenvalue weighted by Gasteiger charge is 2.24. The molecule has 0 spiro atoms. The van der Waals surface area contributed by atoms with Crippen molar-refractivity contribution in [2.75, 3.05) is 19.6 Å². The highest BCUT2D eigenvalue weighted by atomic mass is 35.5. The van der Waals surface area contributed by atoms with Crippen molar-refractivity contribution < 1.29 is 14.1 Å². The number of benzene rings is 3. The third-order valence-corrected chi connectivity index (χ3v) is 7.66. The molecule has 1 amide bonds. The second kappa shape index (κ2) is 13.0. The summed E-state index contributed by atoms with van der Waals surface area (Å²) in [6.45, 7) is 5.15. The van der Waals surface area contributed by atoms with Crippen molar-refractivity contribution in [1.82, 2.24) is 15.4 Å². The van der Waals surface area contributed by atoms with Gasteiger partial charge in [-0.3, -0.25) is 9.69 Å². The summed E-state index contributed by atoms with van der Waals surface area (Å²) >= 11 is 6.21. The standard InChI is InChI=1S/C32H34ClN3O3/c1-2-23-10-12-24(13-11-23)30(36-18-6-3-7-19-36)21-34-32(37)29-20-31(39-35-29)25-14-16-27(17-15-25)38-22-26-8-4-5-9-28(26)33/h4-5,8-17,20,30H,2-3,6-7,18-19,21-22H2,1H3,(H,34,37). The first kappa shape index (κ1) is 27.0. The molecule has 0 bridgehead atoms. The molecule has 6 nitrogen and oxygen atoms in total. The number of rotatable bonds is 10. The zero-order valence-corrected chi connectivity index (χ0v) is 23.0. The number of nitrogens with zero attached hydrogens (tertiary/aromatic N) is 2. The lowest BCUT2D eigenvalue weighted by molar-refractivity contribution is 0.0915. The number of halogens is 1. The molecule has 0 aliphatic carbocycles. The smallest absolute Gasteiger partial charge is 0.273 e. The van der Waals surface area contributed by atoms with E-state index in [9.17, 15) is 4.79 Å². The van der Waals surface area contributed by atoms with Gasteiger partial charge in [0, 0.05) is 28.8 Å². The lowest BCUT2D eigenvalue weighted by atomic mass is 9.99. The molecule has 2 heterocycles. The summed E-state index contributed by atoms with van der Waals surface area (Å²) in [4.78, 5) is 15.5. The van der Waals surface area contributed by atoms with Gasteiger partial charge in [0.1, 0.15) is 12.4 Å². The van der Waals surface area contributed by atoms with E-state index in [0.29, 0.717) is 29.7 Å². The fourth-order valence-electron chi connectivity index (χ4n) is 4.95. The fraction of sp³-hybridized carbons (Fsp3) is 0.312. The molecule has 3 aromatic carbocycles. The second-order valence-corrected chi connectivity index (χ2v) is 10.3. The van der Waals surface area contributed by atoms with E-state index in [1.807, 2.05) is 48.5 Å². The molecule has 1 aromatic heterocycles. The molecule has 0 radical (unpaired) electrons. The van der Waals surface area contributed by atoms with Crippen LogP contribution in [-0.2, 0) is 13.0 Å². The van der Waals surface area contributed by atoms with E-state index in [4.69, 9.17) is 20.9 Å². The van der Waals surface area contributed by atoms with E-state index in [-0.39, 0.29) is 17.6 Å². The molecule has 7 heteroatoms. The molecular formula is C32H34ClN3O3. The highest BCUT2D eigenvalue weighted by Crippen LogP contribution is 2.26.